The van der Waals surface area contributed by atoms with E-state index in [1.165, 1.54) is 30.5 Å². The van der Waals surface area contributed by atoms with E-state index in [2.05, 4.69) is 69.2 Å². The van der Waals surface area contributed by atoms with Gasteiger partial charge in [0.05, 0.1) is 0 Å². The van der Waals surface area contributed by atoms with Gasteiger partial charge in [0, 0.05) is 25.3 Å². The minimum absolute atomic E-state index is 0.425. The maximum Gasteiger partial charge on any atom is 0.0363 e. The molecule has 1 N–H and O–H groups in total. The molecule has 0 amide bonds. The molecular formula is C19H32N2. The van der Waals surface area contributed by atoms with Crippen molar-refractivity contribution in [1.82, 2.24) is 5.32 Å². The van der Waals surface area contributed by atoms with E-state index in [4.69, 9.17) is 0 Å². The Hall–Kier alpha value is -1.02. The monoisotopic (exact) mass is 288 g/mol. The molecule has 0 radical (unpaired) electrons. The Morgan fingerprint density at radius 1 is 1.24 bits per heavy atom. The van der Waals surface area contributed by atoms with Gasteiger partial charge in [-0.1, -0.05) is 38.5 Å². The third kappa shape index (κ3) is 4.00. The number of hydrogen-bond acceptors (Lipinski definition) is 2. The number of hydrogen-bond donors (Lipinski definition) is 1. The van der Waals surface area contributed by atoms with Crippen LogP contribution in [0.2, 0.25) is 0 Å². The summed E-state index contributed by atoms with van der Waals surface area (Å²) < 4.78 is 0. The molecule has 0 aromatic heterocycles. The molecule has 2 nitrogen and oxygen atoms in total. The minimum atomic E-state index is 0.425. The predicted octanol–water partition coefficient (Wildman–Crippen LogP) is 4.24. The first-order chi connectivity index (χ1) is 9.94. The summed E-state index contributed by atoms with van der Waals surface area (Å²) in [6.45, 7) is 11.5. The Morgan fingerprint density at radius 2 is 1.90 bits per heavy atom. The molecular weight excluding hydrogens is 256 g/mol. The van der Waals surface area contributed by atoms with Crippen LogP contribution in [0.4, 0.5) is 5.69 Å². The normalized spacial score (nSPS) is 24.2. The molecule has 1 saturated carbocycles. The molecule has 2 unspecified atom stereocenters. The molecule has 0 bridgehead atoms. The topological polar surface area (TPSA) is 15.3 Å². The highest BCUT2D eigenvalue weighted by Gasteiger charge is 2.41. The highest BCUT2D eigenvalue weighted by Crippen LogP contribution is 2.41. The summed E-state index contributed by atoms with van der Waals surface area (Å²) in [6.07, 6.45) is 3.89. The van der Waals surface area contributed by atoms with E-state index in [0.29, 0.717) is 11.5 Å². The van der Waals surface area contributed by atoms with E-state index in [-0.39, 0.29) is 0 Å². The molecule has 2 rings (SSSR count). The van der Waals surface area contributed by atoms with E-state index in [0.717, 1.165) is 19.0 Å². The maximum absolute atomic E-state index is 3.81. The molecule has 0 heterocycles. The molecule has 2 atom stereocenters. The van der Waals surface area contributed by atoms with Crippen LogP contribution in [0, 0.1) is 18.3 Å². The van der Waals surface area contributed by atoms with Crippen LogP contribution in [-0.2, 0) is 0 Å². The molecule has 118 valence electrons. The van der Waals surface area contributed by atoms with E-state index in [1.807, 2.05) is 0 Å². The van der Waals surface area contributed by atoms with E-state index in [9.17, 15) is 0 Å². The van der Waals surface area contributed by atoms with Gasteiger partial charge in [0.1, 0.15) is 0 Å². The summed E-state index contributed by atoms with van der Waals surface area (Å²) in [5, 5.41) is 3.81. The van der Waals surface area contributed by atoms with Crippen LogP contribution in [0.15, 0.2) is 24.3 Å². The van der Waals surface area contributed by atoms with Crippen molar-refractivity contribution in [2.45, 2.75) is 53.0 Å². The lowest BCUT2D eigenvalue weighted by Gasteiger charge is -2.34. The van der Waals surface area contributed by atoms with Gasteiger partial charge in [0.25, 0.3) is 0 Å². The van der Waals surface area contributed by atoms with Crippen molar-refractivity contribution in [3.63, 3.8) is 0 Å². The molecule has 21 heavy (non-hydrogen) atoms. The largest absolute Gasteiger partial charge is 0.374 e. The fraction of sp³-hybridized carbons (Fsp3) is 0.684. The van der Waals surface area contributed by atoms with Gasteiger partial charge in [0.15, 0.2) is 0 Å². The Labute approximate surface area is 130 Å². The van der Waals surface area contributed by atoms with E-state index >= 15 is 0 Å². The van der Waals surface area contributed by atoms with Gasteiger partial charge in [0.2, 0.25) is 0 Å². The maximum atomic E-state index is 3.81. The van der Waals surface area contributed by atoms with Crippen LogP contribution >= 0.6 is 0 Å². The van der Waals surface area contributed by atoms with Gasteiger partial charge in [-0.25, -0.2) is 0 Å². The van der Waals surface area contributed by atoms with Gasteiger partial charge in [-0.2, -0.15) is 0 Å². The fourth-order valence-corrected chi connectivity index (χ4v) is 3.71. The SMILES string of the molecule is CCCNC1C(CN(C)c2ccc(C)cc2)CCC1(C)C. The Morgan fingerprint density at radius 3 is 2.52 bits per heavy atom. The first-order valence-corrected chi connectivity index (χ1v) is 8.45. The zero-order valence-electron chi connectivity index (χ0n) is 14.4. The summed E-state index contributed by atoms with van der Waals surface area (Å²) >= 11 is 0. The van der Waals surface area contributed by atoms with Crippen LogP contribution < -0.4 is 10.2 Å². The van der Waals surface area contributed by atoms with Crippen molar-refractivity contribution >= 4 is 5.69 Å². The molecule has 1 fully saturated rings. The fourth-order valence-electron chi connectivity index (χ4n) is 3.71. The smallest absolute Gasteiger partial charge is 0.0363 e. The van der Waals surface area contributed by atoms with E-state index < -0.39 is 0 Å². The summed E-state index contributed by atoms with van der Waals surface area (Å²) in [4.78, 5) is 2.42. The Kier molecular flexibility index (Phi) is 5.32. The van der Waals surface area contributed by atoms with Gasteiger partial charge in [-0.15, -0.1) is 0 Å². The molecule has 1 aromatic carbocycles. The molecule has 1 aliphatic carbocycles. The van der Waals surface area contributed by atoms with Crippen LogP contribution in [0.3, 0.4) is 0 Å². The molecule has 1 aromatic rings. The lowest BCUT2D eigenvalue weighted by molar-refractivity contribution is 0.250. The number of anilines is 1. The van der Waals surface area contributed by atoms with Crippen LogP contribution in [0.5, 0.6) is 0 Å². The average Bonchev–Trinajstić information content (AvgIpc) is 2.72. The molecule has 0 saturated heterocycles. The quantitative estimate of drug-likeness (QED) is 0.842. The van der Waals surface area contributed by atoms with Crippen molar-refractivity contribution in [2.75, 3.05) is 25.0 Å². The van der Waals surface area contributed by atoms with Gasteiger partial charge in [-0.05, 0) is 56.2 Å². The van der Waals surface area contributed by atoms with Crippen molar-refractivity contribution in [2.24, 2.45) is 11.3 Å². The first kappa shape index (κ1) is 16.4. The first-order valence-electron chi connectivity index (χ1n) is 8.45. The standard InChI is InChI=1S/C19H32N2/c1-6-13-20-18-16(11-12-19(18,3)4)14-21(5)17-9-7-15(2)8-10-17/h7-10,16,18,20H,6,11-14H2,1-5H3. The number of rotatable bonds is 6. The van der Waals surface area contributed by atoms with Crippen molar-refractivity contribution < 1.29 is 0 Å². The minimum Gasteiger partial charge on any atom is -0.374 e. The van der Waals surface area contributed by atoms with E-state index in [1.54, 1.807) is 0 Å². The molecule has 2 heteroatoms. The summed E-state index contributed by atoms with van der Waals surface area (Å²) in [7, 11) is 2.23. The second-order valence-corrected chi connectivity index (χ2v) is 7.44. The lowest BCUT2D eigenvalue weighted by atomic mass is 9.84. The van der Waals surface area contributed by atoms with Crippen LogP contribution in [0.1, 0.15) is 45.6 Å². The lowest BCUT2D eigenvalue weighted by Crippen LogP contribution is -2.45. The molecule has 0 aliphatic heterocycles. The van der Waals surface area contributed by atoms with Crippen LogP contribution in [0.25, 0.3) is 0 Å². The van der Waals surface area contributed by atoms with Gasteiger partial charge in [-0.3, -0.25) is 0 Å². The van der Waals surface area contributed by atoms with Crippen molar-refractivity contribution in [3.05, 3.63) is 29.8 Å². The summed E-state index contributed by atoms with van der Waals surface area (Å²) in [5.74, 6) is 0.748. The zero-order valence-corrected chi connectivity index (χ0v) is 14.4. The summed E-state index contributed by atoms with van der Waals surface area (Å²) in [5.41, 5.74) is 3.09. The van der Waals surface area contributed by atoms with Gasteiger partial charge >= 0.3 is 0 Å². The molecule has 0 spiro atoms. The summed E-state index contributed by atoms with van der Waals surface area (Å²) in [6, 6.07) is 9.53. The second-order valence-electron chi connectivity index (χ2n) is 7.44. The second kappa shape index (κ2) is 6.83. The highest BCUT2D eigenvalue weighted by atomic mass is 15.1. The van der Waals surface area contributed by atoms with Crippen LogP contribution in [-0.4, -0.2) is 26.2 Å². The third-order valence-electron chi connectivity index (χ3n) is 5.07. The third-order valence-corrected chi connectivity index (χ3v) is 5.07. The van der Waals surface area contributed by atoms with Crippen molar-refractivity contribution in [3.8, 4) is 0 Å². The predicted molar refractivity (Wildman–Crippen MR) is 93.0 cm³/mol. The number of nitrogens with zero attached hydrogens (tertiary/aromatic N) is 1. The van der Waals surface area contributed by atoms with Gasteiger partial charge < -0.3 is 10.2 Å². The molecule has 1 aliphatic rings. The zero-order chi connectivity index (χ0) is 15.5. The number of nitrogens with one attached hydrogen (secondary N) is 1. The highest BCUT2D eigenvalue weighted by molar-refractivity contribution is 5.46. The average molecular weight is 288 g/mol. The number of aryl methyl sites for hydroxylation is 1. The number of benzene rings is 1. The Bertz CT molecular complexity index is 435. The Balaban J connectivity index is 2.01. The van der Waals surface area contributed by atoms with Crippen molar-refractivity contribution in [1.29, 1.82) is 0 Å².